The van der Waals surface area contributed by atoms with Crippen molar-refractivity contribution in [2.75, 3.05) is 25.4 Å². The van der Waals surface area contributed by atoms with Crippen LogP contribution in [0.5, 0.6) is 0 Å². The van der Waals surface area contributed by atoms with Gasteiger partial charge in [-0.2, -0.15) is 0 Å². The summed E-state index contributed by atoms with van der Waals surface area (Å²) in [6, 6.07) is -0.241. The summed E-state index contributed by atoms with van der Waals surface area (Å²) in [6.07, 6.45) is 9.20. The van der Waals surface area contributed by atoms with Crippen molar-refractivity contribution in [3.8, 4) is 0 Å². The van der Waals surface area contributed by atoms with Crippen molar-refractivity contribution in [2.24, 2.45) is 23.2 Å². The van der Waals surface area contributed by atoms with Crippen LogP contribution in [-0.2, 0) is 14.3 Å². The quantitative estimate of drug-likeness (QED) is 0.574. The maximum Gasteiger partial charge on any atom is 0.325 e. The molecule has 1 N–H and O–H groups in total. The van der Waals surface area contributed by atoms with Crippen LogP contribution < -0.4 is 5.32 Å². The van der Waals surface area contributed by atoms with E-state index in [1.54, 1.807) is 11.8 Å². The Morgan fingerprint density at radius 3 is 2.10 bits per heavy atom. The largest absolute Gasteiger partial charge is 0.459 e. The van der Waals surface area contributed by atoms with Crippen LogP contribution in [-0.4, -0.2) is 53.0 Å². The van der Waals surface area contributed by atoms with E-state index in [0.717, 1.165) is 24.2 Å². The zero-order valence-corrected chi connectivity index (χ0v) is 19.8. The molecule has 4 bridgehead atoms. The zero-order chi connectivity index (χ0) is 21.9. The monoisotopic (exact) mass is 438 g/mol. The molecular formula is C23H38N2O4S. The Hall–Kier alpha value is -1.24. The Kier molecular flexibility index (Phi) is 7.41. The summed E-state index contributed by atoms with van der Waals surface area (Å²) in [5.74, 6) is 2.81. The van der Waals surface area contributed by atoms with Gasteiger partial charge < -0.3 is 15.0 Å². The molecule has 0 spiro atoms. The first-order valence-electron chi connectivity index (χ1n) is 11.4. The minimum Gasteiger partial charge on any atom is -0.459 e. The fourth-order valence-electron chi connectivity index (χ4n) is 6.22. The Morgan fingerprint density at radius 1 is 1.03 bits per heavy atom. The van der Waals surface area contributed by atoms with Crippen molar-refractivity contribution in [3.05, 3.63) is 0 Å². The Balaban J connectivity index is 1.54. The summed E-state index contributed by atoms with van der Waals surface area (Å²) >= 11 is 1.24. The van der Waals surface area contributed by atoms with E-state index in [9.17, 15) is 14.4 Å². The van der Waals surface area contributed by atoms with Crippen LogP contribution >= 0.6 is 11.8 Å². The molecule has 6 nitrogen and oxygen atoms in total. The van der Waals surface area contributed by atoms with Crippen molar-refractivity contribution < 1.29 is 19.1 Å². The number of carbonyl (C=O) groups is 3. The molecule has 2 amide bonds. The number of hydrogen-bond donors (Lipinski definition) is 1. The van der Waals surface area contributed by atoms with E-state index in [1.807, 2.05) is 20.8 Å². The van der Waals surface area contributed by atoms with E-state index in [4.69, 9.17) is 4.74 Å². The van der Waals surface area contributed by atoms with Gasteiger partial charge in [-0.3, -0.25) is 9.59 Å². The molecule has 0 radical (unpaired) electrons. The number of nitrogens with one attached hydrogen (secondary N) is 1. The zero-order valence-electron chi connectivity index (χ0n) is 19.0. The third-order valence-electron chi connectivity index (χ3n) is 6.83. The average molecular weight is 439 g/mol. The lowest BCUT2D eigenvalue weighted by Crippen LogP contribution is -2.49. The molecule has 0 atom stereocenters. The van der Waals surface area contributed by atoms with Gasteiger partial charge in [-0.05, 0) is 88.9 Å². The molecule has 170 valence electrons. The first-order valence-corrected chi connectivity index (χ1v) is 12.4. The molecular weight excluding hydrogens is 400 g/mol. The summed E-state index contributed by atoms with van der Waals surface area (Å²) in [5.41, 5.74) is -0.176. The summed E-state index contributed by atoms with van der Waals surface area (Å²) in [6.45, 7) is 8.04. The number of hydrogen-bond acceptors (Lipinski definition) is 5. The molecule has 4 rings (SSSR count). The molecule has 0 heterocycles. The van der Waals surface area contributed by atoms with Gasteiger partial charge in [0.1, 0.15) is 12.1 Å². The summed E-state index contributed by atoms with van der Waals surface area (Å²) in [5, 5.41) is 2.78. The number of esters is 1. The molecule has 0 unspecified atom stereocenters. The van der Waals surface area contributed by atoms with Crippen molar-refractivity contribution in [3.63, 3.8) is 0 Å². The third kappa shape index (κ3) is 6.63. The normalized spacial score (nSPS) is 29.5. The standard InChI is InChI=1S/C23H38N2O4S/c1-16(26)30-8-7-25(21(28)24-15-20(27)29-22(2,3)4)6-5-23-12-17-9-18(13-23)11-19(10-17)14-23/h17-19H,5-15H2,1-4H3,(H,24,28). The molecule has 4 aliphatic carbocycles. The lowest BCUT2D eigenvalue weighted by molar-refractivity contribution is -0.153. The molecule has 4 aliphatic rings. The molecule has 0 aromatic heterocycles. The summed E-state index contributed by atoms with van der Waals surface area (Å²) in [7, 11) is 0. The van der Waals surface area contributed by atoms with Crippen molar-refractivity contribution >= 4 is 28.9 Å². The van der Waals surface area contributed by atoms with Gasteiger partial charge >= 0.3 is 12.0 Å². The molecule has 4 saturated carbocycles. The highest BCUT2D eigenvalue weighted by Gasteiger charge is 2.50. The van der Waals surface area contributed by atoms with Gasteiger partial charge in [0.05, 0.1) is 0 Å². The number of urea groups is 1. The number of amides is 2. The van der Waals surface area contributed by atoms with Gasteiger partial charge in [0.2, 0.25) is 0 Å². The molecule has 0 saturated heterocycles. The minimum atomic E-state index is -0.571. The first kappa shape index (κ1) is 23.4. The van der Waals surface area contributed by atoms with Crippen molar-refractivity contribution in [1.29, 1.82) is 0 Å². The predicted octanol–water partition coefficient (Wildman–Crippen LogP) is 4.23. The van der Waals surface area contributed by atoms with Gasteiger partial charge in [0, 0.05) is 25.8 Å². The minimum absolute atomic E-state index is 0.0604. The van der Waals surface area contributed by atoms with E-state index in [2.05, 4.69) is 5.32 Å². The smallest absolute Gasteiger partial charge is 0.325 e. The topological polar surface area (TPSA) is 75.7 Å². The van der Waals surface area contributed by atoms with E-state index in [1.165, 1.54) is 50.3 Å². The van der Waals surface area contributed by atoms with Crippen LogP contribution in [0, 0.1) is 23.2 Å². The fourth-order valence-corrected chi connectivity index (χ4v) is 6.82. The lowest BCUT2D eigenvalue weighted by Gasteiger charge is -2.57. The highest BCUT2D eigenvalue weighted by atomic mass is 32.2. The van der Waals surface area contributed by atoms with Crippen LogP contribution in [0.3, 0.4) is 0 Å². The van der Waals surface area contributed by atoms with E-state index < -0.39 is 11.6 Å². The second-order valence-corrected chi connectivity index (χ2v) is 12.0. The highest BCUT2D eigenvalue weighted by molar-refractivity contribution is 8.13. The van der Waals surface area contributed by atoms with Crippen LogP contribution in [0.25, 0.3) is 0 Å². The van der Waals surface area contributed by atoms with E-state index in [0.29, 0.717) is 24.3 Å². The molecule has 30 heavy (non-hydrogen) atoms. The summed E-state index contributed by atoms with van der Waals surface area (Å²) < 4.78 is 5.28. The maximum atomic E-state index is 12.8. The molecule has 4 fully saturated rings. The SMILES string of the molecule is CC(=O)SCCN(CCC12CC3CC(CC(C3)C1)C2)C(=O)NCC(=O)OC(C)(C)C. The maximum absolute atomic E-state index is 12.8. The van der Waals surface area contributed by atoms with E-state index >= 15 is 0 Å². The lowest BCUT2D eigenvalue weighted by atomic mass is 9.49. The van der Waals surface area contributed by atoms with Gasteiger partial charge in [0.25, 0.3) is 0 Å². The number of thioether (sulfide) groups is 1. The Bertz CT molecular complexity index is 623. The van der Waals surface area contributed by atoms with Gasteiger partial charge in [-0.25, -0.2) is 4.79 Å². The highest BCUT2D eigenvalue weighted by Crippen LogP contribution is 2.61. The van der Waals surface area contributed by atoms with Gasteiger partial charge in [0.15, 0.2) is 5.12 Å². The number of nitrogens with zero attached hydrogens (tertiary/aromatic N) is 1. The number of rotatable bonds is 8. The number of ether oxygens (including phenoxy) is 1. The molecule has 7 heteroatoms. The van der Waals surface area contributed by atoms with Crippen LogP contribution in [0.4, 0.5) is 4.79 Å². The second-order valence-electron chi connectivity index (χ2n) is 10.7. The Labute approximate surface area is 185 Å². The fraction of sp³-hybridized carbons (Fsp3) is 0.870. The predicted molar refractivity (Wildman–Crippen MR) is 119 cm³/mol. The molecule has 0 aliphatic heterocycles. The molecule has 0 aromatic rings. The summed E-state index contributed by atoms with van der Waals surface area (Å²) in [4.78, 5) is 37.9. The van der Waals surface area contributed by atoms with E-state index in [-0.39, 0.29) is 17.7 Å². The molecule has 0 aromatic carbocycles. The van der Waals surface area contributed by atoms with Crippen LogP contribution in [0.1, 0.15) is 72.6 Å². The van der Waals surface area contributed by atoms with Crippen LogP contribution in [0.15, 0.2) is 0 Å². The van der Waals surface area contributed by atoms with Crippen molar-refractivity contribution in [2.45, 2.75) is 78.2 Å². The average Bonchev–Trinajstić information content (AvgIpc) is 2.59. The number of carbonyl (C=O) groups excluding carboxylic acids is 3. The first-order chi connectivity index (χ1) is 14.0. The van der Waals surface area contributed by atoms with Crippen LogP contribution in [0.2, 0.25) is 0 Å². The third-order valence-corrected chi connectivity index (χ3v) is 7.63. The van der Waals surface area contributed by atoms with Gasteiger partial charge in [-0.15, -0.1) is 0 Å². The van der Waals surface area contributed by atoms with Crippen molar-refractivity contribution in [1.82, 2.24) is 10.2 Å². The van der Waals surface area contributed by atoms with Gasteiger partial charge in [-0.1, -0.05) is 11.8 Å². The Morgan fingerprint density at radius 2 is 1.60 bits per heavy atom. The second kappa shape index (κ2) is 9.49.